The minimum Gasteiger partial charge on any atom is -0.780 e. The fourth-order valence-corrected chi connectivity index (χ4v) is 2.90. The van der Waals surface area contributed by atoms with E-state index in [1.54, 1.807) is 24.3 Å². The molecule has 0 bridgehead atoms. The van der Waals surface area contributed by atoms with E-state index in [-0.39, 0.29) is 70.6 Å². The van der Waals surface area contributed by atoms with Crippen LogP contribution in [-0.4, -0.2) is 11.8 Å². The summed E-state index contributed by atoms with van der Waals surface area (Å²) in [7, 11) is -5.13. The normalized spacial score (nSPS) is 11.4. The van der Waals surface area contributed by atoms with Crippen molar-refractivity contribution in [3.63, 3.8) is 0 Å². The van der Waals surface area contributed by atoms with Crippen LogP contribution >= 0.6 is 7.82 Å². The molecule has 2 aromatic rings. The molecule has 0 aliphatic carbocycles. The number of esters is 1. The van der Waals surface area contributed by atoms with Gasteiger partial charge in [-0.15, -0.1) is 0 Å². The zero-order valence-corrected chi connectivity index (χ0v) is 21.1. The zero-order chi connectivity index (χ0) is 19.3. The van der Waals surface area contributed by atoms with Crippen LogP contribution in [0.3, 0.4) is 0 Å². The minimum absolute atomic E-state index is 0. The largest absolute Gasteiger partial charge is 1.00 e. The molecule has 0 fully saturated rings. The first-order valence-electron chi connectivity index (χ1n) is 7.84. The molecule has 0 radical (unpaired) electrons. The average molecular weight is 422 g/mol. The van der Waals surface area contributed by atoms with E-state index in [0.717, 1.165) is 5.56 Å². The van der Waals surface area contributed by atoms with Gasteiger partial charge in [-0.25, -0.2) is 0 Å². The maximum absolute atomic E-state index is 12.7. The van der Waals surface area contributed by atoms with Crippen molar-refractivity contribution in [2.24, 2.45) is 0 Å². The van der Waals surface area contributed by atoms with Crippen molar-refractivity contribution in [3.8, 4) is 11.5 Å². The Bertz CT molecular complexity index is 832. The molecule has 1 unspecified atom stereocenters. The molecule has 2 aromatic carbocycles. The molecule has 0 spiro atoms. The Kier molecular flexibility index (Phi) is 12.1. The molecule has 0 heterocycles. The van der Waals surface area contributed by atoms with Gasteiger partial charge in [0.15, 0.2) is 5.78 Å². The van der Waals surface area contributed by atoms with Gasteiger partial charge in [-0.1, -0.05) is 19.1 Å². The molecule has 28 heavy (non-hydrogen) atoms. The van der Waals surface area contributed by atoms with Crippen molar-refractivity contribution < 1.29 is 92.3 Å². The van der Waals surface area contributed by atoms with E-state index < -0.39 is 19.7 Å². The van der Waals surface area contributed by atoms with E-state index in [4.69, 9.17) is 4.74 Å². The summed E-state index contributed by atoms with van der Waals surface area (Å²) in [4.78, 5) is 44.9. The van der Waals surface area contributed by atoms with E-state index in [0.29, 0.717) is 17.7 Å². The molecule has 0 saturated carbocycles. The molecule has 10 heteroatoms. The SMILES string of the molecule is CCC(C(=O)c1ccc(OP(=O)([O-])[O-])cc1)c1ccc(OC(C)=O)cc1.[Na+].[Na+]. The van der Waals surface area contributed by atoms with Gasteiger partial charge in [-0.3, -0.25) is 9.59 Å². The third-order valence-electron chi connectivity index (χ3n) is 3.62. The van der Waals surface area contributed by atoms with Gasteiger partial charge in [0.2, 0.25) is 0 Å². The van der Waals surface area contributed by atoms with Crippen LogP contribution in [0.4, 0.5) is 0 Å². The number of ketones is 1. The second-order valence-electron chi connectivity index (χ2n) is 5.55. The van der Waals surface area contributed by atoms with Gasteiger partial charge in [-0.2, -0.15) is 0 Å². The Morgan fingerprint density at radius 1 is 0.964 bits per heavy atom. The number of benzene rings is 2. The molecular weight excluding hydrogens is 405 g/mol. The predicted octanol–water partition coefficient (Wildman–Crippen LogP) is -3.80. The van der Waals surface area contributed by atoms with E-state index in [9.17, 15) is 23.9 Å². The summed E-state index contributed by atoms with van der Waals surface area (Å²) in [5.74, 6) is -0.757. The summed E-state index contributed by atoms with van der Waals surface area (Å²) in [6, 6.07) is 12.0. The first-order chi connectivity index (χ1) is 12.2. The minimum atomic E-state index is -5.13. The second-order valence-corrected chi connectivity index (χ2v) is 6.63. The van der Waals surface area contributed by atoms with Crippen LogP contribution in [0.5, 0.6) is 11.5 Å². The van der Waals surface area contributed by atoms with Crippen molar-refractivity contribution in [2.75, 3.05) is 0 Å². The van der Waals surface area contributed by atoms with Crippen LogP contribution in [0.1, 0.15) is 42.1 Å². The summed E-state index contributed by atoms with van der Waals surface area (Å²) in [5, 5.41) is 0. The molecule has 1 atom stereocenters. The summed E-state index contributed by atoms with van der Waals surface area (Å²) < 4.78 is 19.8. The summed E-state index contributed by atoms with van der Waals surface area (Å²) in [6.45, 7) is 3.17. The zero-order valence-electron chi connectivity index (χ0n) is 16.2. The van der Waals surface area contributed by atoms with Gasteiger partial charge in [0.25, 0.3) is 0 Å². The standard InChI is InChI=1S/C18H19O7P.2Na/c1-3-17(13-4-8-15(9-5-13)24-12(2)19)18(20)14-6-10-16(11-7-14)25-26(21,22)23;;/h4-11,17H,3H2,1-2H3,(H2,21,22,23);;/q;2*+1/p-2. The number of phosphoric ester groups is 1. The number of hydrogen-bond donors (Lipinski definition) is 0. The van der Waals surface area contributed by atoms with Gasteiger partial charge < -0.3 is 23.6 Å². The van der Waals surface area contributed by atoms with Crippen LogP contribution in [-0.2, 0) is 9.36 Å². The monoisotopic (exact) mass is 422 g/mol. The van der Waals surface area contributed by atoms with Crippen LogP contribution in [0.15, 0.2) is 48.5 Å². The van der Waals surface area contributed by atoms with E-state index in [1.807, 2.05) is 6.92 Å². The van der Waals surface area contributed by atoms with Crippen molar-refractivity contribution in [1.29, 1.82) is 0 Å². The van der Waals surface area contributed by atoms with Crippen molar-refractivity contribution >= 4 is 19.6 Å². The first-order valence-corrected chi connectivity index (χ1v) is 9.30. The molecule has 0 amide bonds. The Hall–Kier alpha value is -0.470. The quantitative estimate of drug-likeness (QED) is 0.148. The number of carbonyl (C=O) groups is 2. The van der Waals surface area contributed by atoms with Gasteiger partial charge >= 0.3 is 65.1 Å². The van der Waals surface area contributed by atoms with Crippen LogP contribution in [0.25, 0.3) is 0 Å². The van der Waals surface area contributed by atoms with E-state index in [2.05, 4.69) is 4.52 Å². The van der Waals surface area contributed by atoms with Crippen molar-refractivity contribution in [3.05, 3.63) is 59.7 Å². The molecule has 0 aliphatic rings. The Labute approximate surface area is 207 Å². The van der Waals surface area contributed by atoms with Crippen molar-refractivity contribution in [1.82, 2.24) is 0 Å². The number of ether oxygens (including phenoxy) is 1. The number of hydrogen-bond acceptors (Lipinski definition) is 7. The molecule has 0 N–H and O–H groups in total. The van der Waals surface area contributed by atoms with Crippen LogP contribution in [0.2, 0.25) is 0 Å². The third kappa shape index (κ3) is 8.49. The Balaban J connectivity index is 0.00000364. The Morgan fingerprint density at radius 2 is 1.46 bits per heavy atom. The molecule has 0 saturated heterocycles. The molecule has 2 rings (SSSR count). The van der Waals surface area contributed by atoms with Crippen LogP contribution < -0.4 is 78.2 Å². The number of Topliss-reactive ketones (excluding diaryl/α,β-unsaturated/α-hetero) is 1. The first kappa shape index (κ1) is 27.5. The van der Waals surface area contributed by atoms with Gasteiger partial charge in [-0.05, 0) is 48.4 Å². The smallest absolute Gasteiger partial charge is 0.780 e. The second kappa shape index (κ2) is 12.3. The predicted molar refractivity (Wildman–Crippen MR) is 89.8 cm³/mol. The number of phosphoric acid groups is 1. The maximum Gasteiger partial charge on any atom is 1.00 e. The molecular formula is C18H17Na2O7P. The fourth-order valence-electron chi connectivity index (χ4n) is 2.52. The fraction of sp³-hybridized carbons (Fsp3) is 0.222. The summed E-state index contributed by atoms with van der Waals surface area (Å²) in [6.07, 6.45) is 0.542. The van der Waals surface area contributed by atoms with Crippen LogP contribution in [0, 0.1) is 0 Å². The topological polar surface area (TPSA) is 116 Å². The average Bonchev–Trinajstić information content (AvgIpc) is 2.55. The van der Waals surface area contributed by atoms with Crippen molar-refractivity contribution in [2.45, 2.75) is 26.2 Å². The third-order valence-corrected chi connectivity index (χ3v) is 4.06. The van der Waals surface area contributed by atoms with Gasteiger partial charge in [0, 0.05) is 18.4 Å². The summed E-state index contributed by atoms with van der Waals surface area (Å²) >= 11 is 0. The Morgan fingerprint density at radius 3 is 1.89 bits per heavy atom. The van der Waals surface area contributed by atoms with Gasteiger partial charge in [0.05, 0.1) is 0 Å². The molecule has 0 aromatic heterocycles. The molecule has 0 aliphatic heterocycles. The van der Waals surface area contributed by atoms with Gasteiger partial charge in [0.1, 0.15) is 19.3 Å². The maximum atomic E-state index is 12.7. The molecule has 138 valence electrons. The molecule has 7 nitrogen and oxygen atoms in total. The van der Waals surface area contributed by atoms with E-state index >= 15 is 0 Å². The number of rotatable bonds is 7. The summed E-state index contributed by atoms with van der Waals surface area (Å²) in [5.41, 5.74) is 1.12. The number of carbonyl (C=O) groups excluding carboxylic acids is 2. The van der Waals surface area contributed by atoms with E-state index in [1.165, 1.54) is 31.2 Å².